The maximum atomic E-state index is 6.59. The van der Waals surface area contributed by atoms with E-state index in [4.69, 9.17) is 67.3 Å². The van der Waals surface area contributed by atoms with E-state index in [0.717, 1.165) is 11.1 Å². The molecular weight excluding hydrogens is 502 g/mol. The molecule has 0 aromatic heterocycles. The van der Waals surface area contributed by atoms with Gasteiger partial charge in [0.25, 0.3) is 0 Å². The van der Waals surface area contributed by atoms with Gasteiger partial charge in [0.15, 0.2) is 11.5 Å². The van der Waals surface area contributed by atoms with Crippen LogP contribution in [0.1, 0.15) is 52.7 Å². The third-order valence-corrected chi connectivity index (χ3v) is 7.52. The van der Waals surface area contributed by atoms with Crippen molar-refractivity contribution in [3.63, 3.8) is 0 Å². The fourth-order valence-corrected chi connectivity index (χ4v) is 4.37. The molecular formula is C25H34Cl4N2O2. The Balaban J connectivity index is 2.39. The molecule has 0 heterocycles. The molecule has 0 radical (unpaired) electrons. The summed E-state index contributed by atoms with van der Waals surface area (Å²) in [7, 11) is 0. The predicted octanol–water partition coefficient (Wildman–Crippen LogP) is 7.35. The van der Waals surface area contributed by atoms with E-state index in [2.05, 4.69) is 13.8 Å². The van der Waals surface area contributed by atoms with Crippen LogP contribution in [0.15, 0.2) is 24.3 Å². The molecule has 2 aromatic rings. The highest BCUT2D eigenvalue weighted by molar-refractivity contribution is 6.38. The molecule has 0 saturated heterocycles. The molecule has 0 bridgehead atoms. The van der Waals surface area contributed by atoms with Crippen molar-refractivity contribution in [2.24, 2.45) is 23.3 Å². The molecule has 0 aliphatic rings. The lowest BCUT2D eigenvalue weighted by Crippen LogP contribution is -2.28. The average molecular weight is 536 g/mol. The Bertz CT molecular complexity index is 846. The van der Waals surface area contributed by atoms with E-state index in [1.165, 1.54) is 0 Å². The smallest absolute Gasteiger partial charge is 0.156 e. The van der Waals surface area contributed by atoms with Crippen molar-refractivity contribution in [2.45, 2.75) is 59.2 Å². The van der Waals surface area contributed by atoms with Gasteiger partial charge in [0.05, 0.1) is 32.3 Å². The minimum absolute atomic E-state index is 0.126. The summed E-state index contributed by atoms with van der Waals surface area (Å²) in [6.45, 7) is 13.0. The Morgan fingerprint density at radius 1 is 0.667 bits per heavy atom. The second kappa shape index (κ2) is 11.7. The van der Waals surface area contributed by atoms with Crippen LogP contribution >= 0.6 is 46.4 Å². The summed E-state index contributed by atoms with van der Waals surface area (Å²) in [4.78, 5) is 0. The molecule has 0 aliphatic heterocycles. The van der Waals surface area contributed by atoms with Gasteiger partial charge in [0, 0.05) is 17.3 Å². The van der Waals surface area contributed by atoms with Crippen molar-refractivity contribution >= 4 is 46.4 Å². The zero-order chi connectivity index (χ0) is 25.1. The summed E-state index contributed by atoms with van der Waals surface area (Å²) in [5.74, 6) is 1.23. The number of halogens is 4. The Hall–Kier alpha value is -0.880. The highest BCUT2D eigenvalue weighted by Gasteiger charge is 2.29. The van der Waals surface area contributed by atoms with Gasteiger partial charge in [-0.25, -0.2) is 0 Å². The zero-order valence-electron chi connectivity index (χ0n) is 20.0. The molecule has 0 fully saturated rings. The largest absolute Gasteiger partial charge is 0.487 e. The van der Waals surface area contributed by atoms with Crippen LogP contribution in [0.4, 0.5) is 0 Å². The standard InChI is InChI=1S/C25H34Cl4N2O2/c1-13(11-30)15(3)32-23-19(26)7-17(8-20(23)27)25(5,6)18-9-21(28)24(22(29)10-18)33-16(4)14(2)12-31/h7-10,13-16H,11-12,30-31H2,1-6H3. The SMILES string of the molecule is CC(CN)C(C)Oc1c(Cl)cc(C(C)(C)c2cc(Cl)c(OC(C)C(C)CN)c(Cl)c2)cc1Cl. The molecule has 33 heavy (non-hydrogen) atoms. The van der Waals surface area contributed by atoms with Crippen LogP contribution in [0.2, 0.25) is 20.1 Å². The minimum atomic E-state index is -0.496. The lowest BCUT2D eigenvalue weighted by Gasteiger charge is -2.29. The predicted molar refractivity (Wildman–Crippen MR) is 142 cm³/mol. The highest BCUT2D eigenvalue weighted by atomic mass is 35.5. The van der Waals surface area contributed by atoms with Crippen LogP contribution in [0.25, 0.3) is 0 Å². The van der Waals surface area contributed by atoms with Gasteiger partial charge in [-0.15, -0.1) is 0 Å². The van der Waals surface area contributed by atoms with Crippen LogP contribution in [0.3, 0.4) is 0 Å². The Labute approximate surface area is 217 Å². The number of ether oxygens (including phenoxy) is 2. The summed E-state index contributed by atoms with van der Waals surface area (Å²) in [6.07, 6.45) is -0.253. The van der Waals surface area contributed by atoms with E-state index in [-0.39, 0.29) is 24.0 Å². The van der Waals surface area contributed by atoms with Crippen LogP contribution < -0.4 is 20.9 Å². The first-order valence-corrected chi connectivity index (χ1v) is 12.6. The Morgan fingerprint density at radius 2 is 0.939 bits per heavy atom. The van der Waals surface area contributed by atoms with Gasteiger partial charge in [-0.05, 0) is 62.3 Å². The molecule has 2 aromatic carbocycles. The first-order valence-electron chi connectivity index (χ1n) is 11.1. The van der Waals surface area contributed by atoms with Crippen molar-refractivity contribution in [1.82, 2.24) is 0 Å². The minimum Gasteiger partial charge on any atom is -0.487 e. The molecule has 4 nitrogen and oxygen atoms in total. The number of hydrogen-bond donors (Lipinski definition) is 2. The van der Waals surface area contributed by atoms with E-state index >= 15 is 0 Å². The van der Waals surface area contributed by atoms with Crippen LogP contribution in [0, 0.1) is 11.8 Å². The monoisotopic (exact) mass is 534 g/mol. The van der Waals surface area contributed by atoms with Gasteiger partial charge in [0.1, 0.15) is 0 Å². The maximum absolute atomic E-state index is 6.59. The quantitative estimate of drug-likeness (QED) is 0.333. The zero-order valence-corrected chi connectivity index (χ0v) is 23.0. The molecule has 0 amide bonds. The van der Waals surface area contributed by atoms with Crippen molar-refractivity contribution in [2.75, 3.05) is 13.1 Å². The lowest BCUT2D eigenvalue weighted by atomic mass is 9.78. The molecule has 184 valence electrons. The van der Waals surface area contributed by atoms with E-state index in [1.807, 2.05) is 52.0 Å². The highest BCUT2D eigenvalue weighted by Crippen LogP contribution is 2.44. The maximum Gasteiger partial charge on any atom is 0.156 e. The fraction of sp³-hybridized carbons (Fsp3) is 0.520. The number of nitrogens with two attached hydrogens (primary N) is 2. The molecule has 0 spiro atoms. The van der Waals surface area contributed by atoms with Crippen molar-refractivity contribution in [3.8, 4) is 11.5 Å². The summed E-state index contributed by atoms with van der Waals surface area (Å²) in [6, 6.07) is 7.44. The summed E-state index contributed by atoms with van der Waals surface area (Å²) < 4.78 is 12.0. The van der Waals surface area contributed by atoms with E-state index < -0.39 is 5.41 Å². The van der Waals surface area contributed by atoms with Crippen LogP contribution in [-0.2, 0) is 5.41 Å². The number of rotatable bonds is 10. The first kappa shape index (κ1) is 28.4. The van der Waals surface area contributed by atoms with Crippen molar-refractivity contribution < 1.29 is 9.47 Å². The summed E-state index contributed by atoms with van der Waals surface area (Å²) in [5.41, 5.74) is 12.8. The average Bonchev–Trinajstić information content (AvgIpc) is 2.76. The first-order chi connectivity index (χ1) is 15.3. The fourth-order valence-electron chi connectivity index (χ4n) is 3.22. The second-order valence-corrected chi connectivity index (χ2v) is 10.9. The molecule has 0 aliphatic carbocycles. The van der Waals surface area contributed by atoms with Gasteiger partial charge < -0.3 is 20.9 Å². The number of hydrogen-bond acceptors (Lipinski definition) is 4. The van der Waals surface area contributed by atoms with Crippen molar-refractivity contribution in [3.05, 3.63) is 55.5 Å². The van der Waals surface area contributed by atoms with Gasteiger partial charge in [-0.2, -0.15) is 0 Å². The van der Waals surface area contributed by atoms with Crippen molar-refractivity contribution in [1.29, 1.82) is 0 Å². The Kier molecular flexibility index (Phi) is 10.1. The van der Waals surface area contributed by atoms with E-state index in [0.29, 0.717) is 44.7 Å². The lowest BCUT2D eigenvalue weighted by molar-refractivity contribution is 0.165. The third kappa shape index (κ3) is 6.62. The van der Waals surface area contributed by atoms with E-state index in [1.54, 1.807) is 0 Å². The Morgan fingerprint density at radius 3 is 1.18 bits per heavy atom. The molecule has 8 heteroatoms. The van der Waals surface area contributed by atoms with Gasteiger partial charge >= 0.3 is 0 Å². The molecule has 2 rings (SSSR count). The topological polar surface area (TPSA) is 70.5 Å². The molecule has 4 atom stereocenters. The summed E-state index contributed by atoms with van der Waals surface area (Å²) >= 11 is 26.3. The van der Waals surface area contributed by atoms with Gasteiger partial charge in [-0.3, -0.25) is 0 Å². The normalized spacial score (nSPS) is 15.6. The molecule has 0 saturated carbocycles. The van der Waals surface area contributed by atoms with Crippen LogP contribution in [-0.4, -0.2) is 25.3 Å². The molecule has 4 N–H and O–H groups in total. The van der Waals surface area contributed by atoms with Crippen LogP contribution in [0.5, 0.6) is 11.5 Å². The van der Waals surface area contributed by atoms with Gasteiger partial charge in [0.2, 0.25) is 0 Å². The second-order valence-electron chi connectivity index (χ2n) is 9.23. The summed E-state index contributed by atoms with van der Waals surface area (Å²) in [5, 5.41) is 1.73. The third-order valence-electron chi connectivity index (χ3n) is 6.39. The van der Waals surface area contributed by atoms with E-state index in [9.17, 15) is 0 Å². The molecule has 4 unspecified atom stereocenters. The van der Waals surface area contributed by atoms with Gasteiger partial charge in [-0.1, -0.05) is 74.1 Å². The number of benzene rings is 2.